The SMILES string of the molecule is CC(C)(C)c1cc(CN)ccc1C(=O)O. The average molecular weight is 207 g/mol. The molecule has 15 heavy (non-hydrogen) atoms. The summed E-state index contributed by atoms with van der Waals surface area (Å²) >= 11 is 0. The second kappa shape index (κ2) is 4.03. The summed E-state index contributed by atoms with van der Waals surface area (Å²) in [7, 11) is 0. The number of carbonyl (C=O) groups is 1. The normalized spacial score (nSPS) is 11.5. The van der Waals surface area contributed by atoms with Gasteiger partial charge in [-0.15, -0.1) is 0 Å². The van der Waals surface area contributed by atoms with Gasteiger partial charge >= 0.3 is 5.97 Å². The van der Waals surface area contributed by atoms with Crippen molar-refractivity contribution in [1.29, 1.82) is 0 Å². The molecule has 3 nitrogen and oxygen atoms in total. The predicted octanol–water partition coefficient (Wildman–Crippen LogP) is 2.14. The zero-order valence-corrected chi connectivity index (χ0v) is 9.37. The van der Waals surface area contributed by atoms with Crippen LogP contribution in [0.15, 0.2) is 18.2 Å². The van der Waals surface area contributed by atoms with E-state index >= 15 is 0 Å². The van der Waals surface area contributed by atoms with Crippen LogP contribution in [0.4, 0.5) is 0 Å². The van der Waals surface area contributed by atoms with Gasteiger partial charge in [0.05, 0.1) is 5.56 Å². The van der Waals surface area contributed by atoms with Crippen molar-refractivity contribution in [1.82, 2.24) is 0 Å². The number of hydrogen-bond acceptors (Lipinski definition) is 2. The van der Waals surface area contributed by atoms with Crippen LogP contribution >= 0.6 is 0 Å². The minimum atomic E-state index is -0.886. The largest absolute Gasteiger partial charge is 0.478 e. The highest BCUT2D eigenvalue weighted by Gasteiger charge is 2.21. The Balaban J connectivity index is 3.36. The minimum Gasteiger partial charge on any atom is -0.478 e. The monoisotopic (exact) mass is 207 g/mol. The van der Waals surface area contributed by atoms with E-state index in [1.807, 2.05) is 26.8 Å². The molecule has 0 saturated heterocycles. The molecule has 1 rings (SSSR count). The van der Waals surface area contributed by atoms with E-state index in [-0.39, 0.29) is 5.41 Å². The molecule has 0 heterocycles. The Morgan fingerprint density at radius 2 is 2.00 bits per heavy atom. The first kappa shape index (κ1) is 11.7. The summed E-state index contributed by atoms with van der Waals surface area (Å²) < 4.78 is 0. The van der Waals surface area contributed by atoms with Gasteiger partial charge in [-0.1, -0.05) is 32.9 Å². The summed E-state index contributed by atoms with van der Waals surface area (Å²) in [5.74, 6) is -0.886. The Morgan fingerprint density at radius 1 is 1.40 bits per heavy atom. The Hall–Kier alpha value is -1.35. The van der Waals surface area contributed by atoms with Gasteiger partial charge in [-0.05, 0) is 22.6 Å². The third-order valence-electron chi connectivity index (χ3n) is 2.36. The third-order valence-corrected chi connectivity index (χ3v) is 2.36. The van der Waals surface area contributed by atoms with Gasteiger partial charge in [-0.2, -0.15) is 0 Å². The van der Waals surface area contributed by atoms with Crippen LogP contribution < -0.4 is 5.73 Å². The van der Waals surface area contributed by atoms with Crippen molar-refractivity contribution >= 4 is 5.97 Å². The van der Waals surface area contributed by atoms with E-state index < -0.39 is 5.97 Å². The van der Waals surface area contributed by atoms with Gasteiger partial charge in [0.15, 0.2) is 0 Å². The highest BCUT2D eigenvalue weighted by Crippen LogP contribution is 2.26. The zero-order valence-electron chi connectivity index (χ0n) is 9.37. The van der Waals surface area contributed by atoms with Gasteiger partial charge in [0.2, 0.25) is 0 Å². The van der Waals surface area contributed by atoms with Crippen LogP contribution in [0.5, 0.6) is 0 Å². The van der Waals surface area contributed by atoms with Crippen molar-refractivity contribution in [2.24, 2.45) is 5.73 Å². The van der Waals surface area contributed by atoms with E-state index in [0.29, 0.717) is 12.1 Å². The molecule has 0 fully saturated rings. The van der Waals surface area contributed by atoms with Crippen LogP contribution in [0.2, 0.25) is 0 Å². The number of hydrogen-bond donors (Lipinski definition) is 2. The van der Waals surface area contributed by atoms with Crippen molar-refractivity contribution < 1.29 is 9.90 Å². The van der Waals surface area contributed by atoms with E-state index in [1.54, 1.807) is 12.1 Å². The molecule has 0 aliphatic carbocycles. The first-order valence-electron chi connectivity index (χ1n) is 4.93. The average Bonchev–Trinajstić information content (AvgIpc) is 2.15. The van der Waals surface area contributed by atoms with Crippen LogP contribution in [0.25, 0.3) is 0 Å². The lowest BCUT2D eigenvalue weighted by atomic mass is 9.83. The zero-order chi connectivity index (χ0) is 11.6. The molecule has 1 aromatic carbocycles. The maximum atomic E-state index is 11.0. The number of carboxylic acids is 1. The van der Waals surface area contributed by atoms with Gasteiger partial charge in [0, 0.05) is 6.54 Å². The van der Waals surface area contributed by atoms with Crippen LogP contribution in [0.3, 0.4) is 0 Å². The van der Waals surface area contributed by atoms with E-state index in [9.17, 15) is 4.79 Å². The summed E-state index contributed by atoms with van der Waals surface area (Å²) in [4.78, 5) is 11.0. The van der Waals surface area contributed by atoms with Gasteiger partial charge in [-0.25, -0.2) is 4.79 Å². The highest BCUT2D eigenvalue weighted by molar-refractivity contribution is 5.90. The molecule has 0 unspecified atom stereocenters. The molecular formula is C12H17NO2. The topological polar surface area (TPSA) is 63.3 Å². The molecule has 82 valence electrons. The molecule has 0 bridgehead atoms. The molecule has 1 aromatic rings. The molecular weight excluding hydrogens is 190 g/mol. The number of benzene rings is 1. The molecule has 0 aromatic heterocycles. The van der Waals surface area contributed by atoms with Gasteiger partial charge in [0.1, 0.15) is 0 Å². The molecule has 0 amide bonds. The maximum Gasteiger partial charge on any atom is 0.335 e. The number of carboxylic acid groups (broad SMARTS) is 1. The van der Waals surface area contributed by atoms with Gasteiger partial charge in [0.25, 0.3) is 0 Å². The first-order chi connectivity index (χ1) is 6.86. The number of aromatic carboxylic acids is 1. The Labute approximate surface area is 89.9 Å². The smallest absolute Gasteiger partial charge is 0.335 e. The second-order valence-corrected chi connectivity index (χ2v) is 4.64. The summed E-state index contributed by atoms with van der Waals surface area (Å²) in [6.45, 7) is 6.42. The minimum absolute atomic E-state index is 0.182. The van der Waals surface area contributed by atoms with Gasteiger partial charge in [-0.3, -0.25) is 0 Å². The Kier molecular flexibility index (Phi) is 3.15. The molecule has 0 radical (unpaired) electrons. The molecule has 0 aliphatic rings. The second-order valence-electron chi connectivity index (χ2n) is 4.64. The fraction of sp³-hybridized carbons (Fsp3) is 0.417. The van der Waals surface area contributed by atoms with Crippen LogP contribution in [0.1, 0.15) is 42.3 Å². The summed E-state index contributed by atoms with van der Waals surface area (Å²) in [6.07, 6.45) is 0. The summed E-state index contributed by atoms with van der Waals surface area (Å²) in [5.41, 5.74) is 7.51. The molecule has 3 N–H and O–H groups in total. The lowest BCUT2D eigenvalue weighted by molar-refractivity contribution is 0.0694. The number of nitrogens with two attached hydrogens (primary N) is 1. The molecule has 0 aliphatic heterocycles. The molecule has 0 spiro atoms. The van der Waals surface area contributed by atoms with Crippen molar-refractivity contribution in [3.8, 4) is 0 Å². The number of rotatable bonds is 2. The van der Waals surface area contributed by atoms with Crippen molar-refractivity contribution in [2.75, 3.05) is 0 Å². The standard InChI is InChI=1S/C12H17NO2/c1-12(2,3)10-6-8(7-13)4-5-9(10)11(14)15/h4-6H,7,13H2,1-3H3,(H,14,15). The molecule has 0 atom stereocenters. The lowest BCUT2D eigenvalue weighted by Gasteiger charge is -2.22. The predicted molar refractivity (Wildman–Crippen MR) is 60.0 cm³/mol. The highest BCUT2D eigenvalue weighted by atomic mass is 16.4. The molecule has 0 saturated carbocycles. The Morgan fingerprint density at radius 3 is 2.40 bits per heavy atom. The third kappa shape index (κ3) is 2.57. The lowest BCUT2D eigenvalue weighted by Crippen LogP contribution is -2.17. The van der Waals surface area contributed by atoms with Crippen LogP contribution in [-0.2, 0) is 12.0 Å². The first-order valence-corrected chi connectivity index (χ1v) is 4.93. The van der Waals surface area contributed by atoms with Crippen LogP contribution in [0, 0.1) is 0 Å². The summed E-state index contributed by atoms with van der Waals surface area (Å²) in [6, 6.07) is 5.27. The van der Waals surface area contributed by atoms with Crippen molar-refractivity contribution in [2.45, 2.75) is 32.7 Å². The van der Waals surface area contributed by atoms with Crippen molar-refractivity contribution in [3.63, 3.8) is 0 Å². The van der Waals surface area contributed by atoms with E-state index in [0.717, 1.165) is 11.1 Å². The Bertz CT molecular complexity index is 378. The van der Waals surface area contributed by atoms with E-state index in [1.165, 1.54) is 0 Å². The quantitative estimate of drug-likeness (QED) is 0.781. The van der Waals surface area contributed by atoms with E-state index in [2.05, 4.69) is 0 Å². The van der Waals surface area contributed by atoms with E-state index in [4.69, 9.17) is 10.8 Å². The maximum absolute atomic E-state index is 11.0. The fourth-order valence-corrected chi connectivity index (χ4v) is 1.53. The van der Waals surface area contributed by atoms with Gasteiger partial charge < -0.3 is 10.8 Å². The summed E-state index contributed by atoms with van der Waals surface area (Å²) in [5, 5.41) is 9.06. The van der Waals surface area contributed by atoms with Crippen LogP contribution in [-0.4, -0.2) is 11.1 Å². The van der Waals surface area contributed by atoms with Crippen molar-refractivity contribution in [3.05, 3.63) is 34.9 Å². The fourth-order valence-electron chi connectivity index (χ4n) is 1.53. The molecule has 3 heteroatoms.